The number of alkyl halides is 2. The van der Waals surface area contributed by atoms with Gasteiger partial charge in [0.25, 0.3) is 0 Å². The molecule has 0 radical (unpaired) electrons. The van der Waals surface area contributed by atoms with Crippen molar-refractivity contribution in [2.45, 2.75) is 25.7 Å². The molecule has 0 saturated carbocycles. The third-order valence-corrected chi connectivity index (χ3v) is 1.94. The van der Waals surface area contributed by atoms with E-state index in [0.717, 1.165) is 25.9 Å². The molecule has 0 aromatic heterocycles. The van der Waals surface area contributed by atoms with Crippen molar-refractivity contribution in [3.63, 3.8) is 0 Å². The third kappa shape index (κ3) is 3.26. The summed E-state index contributed by atoms with van der Waals surface area (Å²) in [5, 5.41) is 0. The van der Waals surface area contributed by atoms with Crippen LogP contribution in [0.4, 0.5) is 8.78 Å². The number of hydrogen-bond donors (Lipinski definition) is 0. The van der Waals surface area contributed by atoms with Gasteiger partial charge in [0, 0.05) is 20.0 Å². The van der Waals surface area contributed by atoms with E-state index in [1.54, 1.807) is 0 Å². The minimum absolute atomic E-state index is 0.0116. The van der Waals surface area contributed by atoms with Crippen LogP contribution in [0.5, 0.6) is 0 Å². The summed E-state index contributed by atoms with van der Waals surface area (Å²) >= 11 is 0. The van der Waals surface area contributed by atoms with Gasteiger partial charge in [-0.1, -0.05) is 0 Å². The lowest BCUT2D eigenvalue weighted by Crippen LogP contribution is -2.32. The van der Waals surface area contributed by atoms with E-state index in [9.17, 15) is 13.6 Å². The van der Waals surface area contributed by atoms with E-state index in [-0.39, 0.29) is 6.73 Å². The van der Waals surface area contributed by atoms with Gasteiger partial charge in [0.2, 0.25) is 0 Å². The largest absolute Gasteiger partial charge is 0.445 e. The molecule has 1 rings (SSSR count). The van der Waals surface area contributed by atoms with Crippen LogP contribution in [0.15, 0.2) is 0 Å². The van der Waals surface area contributed by atoms with Crippen LogP contribution in [-0.4, -0.2) is 36.6 Å². The highest BCUT2D eigenvalue weighted by Gasteiger charge is 2.34. The Balaban J connectivity index is 2.22. The highest BCUT2D eigenvalue weighted by atomic mass is 19.3. The third-order valence-electron chi connectivity index (χ3n) is 1.94. The van der Waals surface area contributed by atoms with Gasteiger partial charge in [0.05, 0.1) is 0 Å². The van der Waals surface area contributed by atoms with Crippen LogP contribution in [0.25, 0.3) is 0 Å². The van der Waals surface area contributed by atoms with E-state index in [0.29, 0.717) is 6.92 Å². The Bertz CT molecular complexity index is 185. The summed E-state index contributed by atoms with van der Waals surface area (Å²) in [5.41, 5.74) is 0. The summed E-state index contributed by atoms with van der Waals surface area (Å²) in [4.78, 5) is 12.5. The Kier molecular flexibility index (Phi) is 3.19. The molecule has 76 valence electrons. The fourth-order valence-corrected chi connectivity index (χ4v) is 1.19. The summed E-state index contributed by atoms with van der Waals surface area (Å²) in [6, 6.07) is 0. The number of esters is 1. The van der Waals surface area contributed by atoms with Crippen molar-refractivity contribution in [1.29, 1.82) is 0 Å². The van der Waals surface area contributed by atoms with Gasteiger partial charge >= 0.3 is 11.9 Å². The average Bonchev–Trinajstić information content (AvgIpc) is 2.50. The molecule has 1 heterocycles. The van der Waals surface area contributed by atoms with E-state index in [1.165, 1.54) is 0 Å². The lowest BCUT2D eigenvalue weighted by Gasteiger charge is -2.16. The zero-order chi connectivity index (χ0) is 9.90. The molecule has 5 heteroatoms. The molecule has 13 heavy (non-hydrogen) atoms. The van der Waals surface area contributed by atoms with Crippen molar-refractivity contribution >= 4 is 5.97 Å². The van der Waals surface area contributed by atoms with Gasteiger partial charge in [-0.25, -0.2) is 4.79 Å². The quantitative estimate of drug-likeness (QED) is 0.631. The maximum Gasteiger partial charge on any atom is 0.377 e. The van der Waals surface area contributed by atoms with Crippen LogP contribution in [0.1, 0.15) is 19.8 Å². The summed E-state index contributed by atoms with van der Waals surface area (Å²) < 4.78 is 29.0. The molecule has 3 nitrogen and oxygen atoms in total. The molecule has 0 aromatic rings. The average molecular weight is 193 g/mol. The molecule has 0 unspecified atom stereocenters. The van der Waals surface area contributed by atoms with Gasteiger partial charge < -0.3 is 4.74 Å². The number of nitrogens with zero attached hydrogens (tertiary/aromatic N) is 1. The van der Waals surface area contributed by atoms with Crippen LogP contribution in [0.3, 0.4) is 0 Å². The fourth-order valence-electron chi connectivity index (χ4n) is 1.19. The summed E-state index contributed by atoms with van der Waals surface area (Å²) in [7, 11) is 0. The predicted molar refractivity (Wildman–Crippen MR) is 42.4 cm³/mol. The van der Waals surface area contributed by atoms with Crippen LogP contribution in [0.2, 0.25) is 0 Å². The van der Waals surface area contributed by atoms with Crippen LogP contribution in [0, 0.1) is 0 Å². The molecule has 0 amide bonds. The highest BCUT2D eigenvalue weighted by Crippen LogP contribution is 2.14. The number of carbonyl (C=O) groups is 1. The molecule has 1 saturated heterocycles. The topological polar surface area (TPSA) is 29.5 Å². The van der Waals surface area contributed by atoms with Crippen molar-refractivity contribution in [3.05, 3.63) is 0 Å². The molecule has 1 aliphatic rings. The van der Waals surface area contributed by atoms with Crippen LogP contribution in [-0.2, 0) is 9.53 Å². The van der Waals surface area contributed by atoms with E-state index >= 15 is 0 Å². The Morgan fingerprint density at radius 3 is 2.46 bits per heavy atom. The molecule has 0 N–H and O–H groups in total. The molecule has 0 bridgehead atoms. The summed E-state index contributed by atoms with van der Waals surface area (Å²) in [6.07, 6.45) is 2.08. The van der Waals surface area contributed by atoms with E-state index in [4.69, 9.17) is 0 Å². The van der Waals surface area contributed by atoms with Crippen molar-refractivity contribution in [2.24, 2.45) is 0 Å². The molecule has 0 aromatic carbocycles. The van der Waals surface area contributed by atoms with Gasteiger partial charge in [-0.15, -0.1) is 0 Å². The second-order valence-corrected chi connectivity index (χ2v) is 3.27. The Labute approximate surface area is 75.7 Å². The summed E-state index contributed by atoms with van der Waals surface area (Å²) in [6.45, 7) is 2.17. The van der Waals surface area contributed by atoms with Gasteiger partial charge in [0.15, 0.2) is 0 Å². The number of rotatable bonds is 3. The van der Waals surface area contributed by atoms with Crippen molar-refractivity contribution in [3.8, 4) is 0 Å². The van der Waals surface area contributed by atoms with E-state index in [2.05, 4.69) is 4.74 Å². The maximum atomic E-state index is 12.3. The first kappa shape index (κ1) is 10.4. The van der Waals surface area contributed by atoms with Gasteiger partial charge in [0.1, 0.15) is 6.73 Å². The van der Waals surface area contributed by atoms with Crippen LogP contribution < -0.4 is 0 Å². The van der Waals surface area contributed by atoms with Crippen molar-refractivity contribution in [1.82, 2.24) is 4.90 Å². The normalized spacial score (nSPS) is 19.0. The van der Waals surface area contributed by atoms with Gasteiger partial charge in [-0.3, -0.25) is 4.90 Å². The molecule has 0 atom stereocenters. The molecule has 0 spiro atoms. The molecule has 1 aliphatic heterocycles. The van der Waals surface area contributed by atoms with Gasteiger partial charge in [-0.2, -0.15) is 8.78 Å². The number of likely N-dealkylation sites (tertiary alicyclic amines) is 1. The standard InChI is InChI=1S/C8H13F2NO2/c1-8(9,10)7(12)13-6-11-4-2-3-5-11/h2-6H2,1H3. The highest BCUT2D eigenvalue weighted by molar-refractivity contribution is 5.76. The Hall–Kier alpha value is -0.710. The molecular formula is C8H13F2NO2. The van der Waals surface area contributed by atoms with Crippen molar-refractivity contribution < 1.29 is 18.3 Å². The zero-order valence-electron chi connectivity index (χ0n) is 7.56. The molecule has 1 fully saturated rings. The molecular weight excluding hydrogens is 180 g/mol. The minimum atomic E-state index is -3.38. The number of carbonyl (C=O) groups excluding carboxylic acids is 1. The molecule has 0 aliphatic carbocycles. The van der Waals surface area contributed by atoms with Crippen LogP contribution >= 0.6 is 0 Å². The summed E-state index contributed by atoms with van der Waals surface area (Å²) in [5.74, 6) is -4.82. The smallest absolute Gasteiger partial charge is 0.377 e. The Morgan fingerprint density at radius 2 is 2.00 bits per heavy atom. The second kappa shape index (κ2) is 4.00. The van der Waals surface area contributed by atoms with E-state index < -0.39 is 11.9 Å². The first-order valence-corrected chi connectivity index (χ1v) is 4.27. The second-order valence-electron chi connectivity index (χ2n) is 3.27. The lowest BCUT2D eigenvalue weighted by atomic mass is 10.4. The number of hydrogen-bond acceptors (Lipinski definition) is 3. The lowest BCUT2D eigenvalue weighted by molar-refractivity contribution is -0.173. The van der Waals surface area contributed by atoms with Crippen molar-refractivity contribution in [2.75, 3.05) is 19.8 Å². The fraction of sp³-hybridized carbons (Fsp3) is 0.875. The number of halogens is 2. The van der Waals surface area contributed by atoms with E-state index in [1.807, 2.05) is 4.90 Å². The van der Waals surface area contributed by atoms with Gasteiger partial charge in [-0.05, 0) is 12.8 Å². The maximum absolute atomic E-state index is 12.3. The predicted octanol–water partition coefficient (Wildman–Crippen LogP) is 1.24. The number of ether oxygens (including phenoxy) is 1. The first-order chi connectivity index (χ1) is 6.00. The first-order valence-electron chi connectivity index (χ1n) is 4.27. The monoisotopic (exact) mass is 193 g/mol. The SMILES string of the molecule is CC(F)(F)C(=O)OCN1CCCC1. The Morgan fingerprint density at radius 1 is 1.46 bits per heavy atom. The minimum Gasteiger partial charge on any atom is -0.445 e. The zero-order valence-corrected chi connectivity index (χ0v) is 7.56.